The van der Waals surface area contributed by atoms with E-state index < -0.39 is 5.54 Å². The fourth-order valence-electron chi connectivity index (χ4n) is 3.30. The maximum Gasteiger partial charge on any atom is 0.272 e. The zero-order valence-electron chi connectivity index (χ0n) is 19.7. The third kappa shape index (κ3) is 6.19. The highest BCUT2D eigenvalue weighted by Crippen LogP contribution is 2.32. The molecule has 1 heterocycles. The van der Waals surface area contributed by atoms with E-state index in [1.54, 1.807) is 22.9 Å². The number of carbonyl (C=O) groups is 2. The van der Waals surface area contributed by atoms with Crippen molar-refractivity contribution in [1.29, 1.82) is 0 Å². The van der Waals surface area contributed by atoms with Crippen LogP contribution in [0.1, 0.15) is 49.3 Å². The minimum Gasteiger partial charge on any atom is -0.346 e. The van der Waals surface area contributed by atoms with E-state index in [4.69, 9.17) is 23.2 Å². The van der Waals surface area contributed by atoms with Crippen LogP contribution in [0.3, 0.4) is 0 Å². The lowest BCUT2D eigenvalue weighted by atomic mass is 10.0. The van der Waals surface area contributed by atoms with E-state index in [1.807, 2.05) is 52.0 Å². The van der Waals surface area contributed by atoms with Crippen molar-refractivity contribution in [3.05, 3.63) is 69.3 Å². The molecule has 2 amide bonds. The maximum absolute atomic E-state index is 13.0. The summed E-state index contributed by atoms with van der Waals surface area (Å²) >= 11 is 12.7. The Morgan fingerprint density at radius 3 is 2.35 bits per heavy atom. The van der Waals surface area contributed by atoms with E-state index in [1.165, 1.54) is 6.92 Å². The average molecular weight is 497 g/mol. The highest BCUT2D eigenvalue weighted by Gasteiger charge is 2.25. The van der Waals surface area contributed by atoms with Crippen LogP contribution in [-0.2, 0) is 4.79 Å². The number of carbonyl (C=O) groups excluding carboxylic acids is 2. The van der Waals surface area contributed by atoms with Crippen LogP contribution in [0.15, 0.2) is 42.5 Å². The summed E-state index contributed by atoms with van der Waals surface area (Å²) in [6.07, 6.45) is 0. The molecule has 3 rings (SSSR count). The standard InChI is InChI=1S/C26H26Cl2N4O2/c1-16-23(25(34)30-26(3,4)5)31-32(24(16)19-9-11-20(27)12-10-19)22-13-8-18(15-21(22)28)7-6-14-29-17(2)33/h8-13,15H,14H2,1-5H3,(H,29,33)(H,30,34). The maximum atomic E-state index is 13.0. The van der Waals surface area contributed by atoms with E-state index in [2.05, 4.69) is 27.6 Å². The van der Waals surface area contributed by atoms with Crippen molar-refractivity contribution in [3.63, 3.8) is 0 Å². The van der Waals surface area contributed by atoms with Crippen LogP contribution < -0.4 is 10.6 Å². The van der Waals surface area contributed by atoms with Gasteiger partial charge in [0.25, 0.3) is 5.91 Å². The lowest BCUT2D eigenvalue weighted by Crippen LogP contribution is -2.41. The van der Waals surface area contributed by atoms with Gasteiger partial charge in [0.05, 0.1) is 22.9 Å². The van der Waals surface area contributed by atoms with E-state index in [9.17, 15) is 9.59 Å². The smallest absolute Gasteiger partial charge is 0.272 e. The van der Waals surface area contributed by atoms with Gasteiger partial charge in [-0.15, -0.1) is 0 Å². The normalized spacial score (nSPS) is 10.9. The van der Waals surface area contributed by atoms with Crippen molar-refractivity contribution in [2.75, 3.05) is 6.54 Å². The molecule has 176 valence electrons. The first-order valence-electron chi connectivity index (χ1n) is 10.7. The van der Waals surface area contributed by atoms with Gasteiger partial charge in [-0.2, -0.15) is 5.10 Å². The number of halogens is 2. The lowest BCUT2D eigenvalue weighted by molar-refractivity contribution is -0.118. The van der Waals surface area contributed by atoms with Gasteiger partial charge in [-0.05, 0) is 58.0 Å². The predicted molar refractivity (Wildman–Crippen MR) is 137 cm³/mol. The van der Waals surface area contributed by atoms with Gasteiger partial charge in [-0.3, -0.25) is 9.59 Å². The van der Waals surface area contributed by atoms with Gasteiger partial charge in [0.2, 0.25) is 5.91 Å². The summed E-state index contributed by atoms with van der Waals surface area (Å²) in [5.74, 6) is 5.45. The van der Waals surface area contributed by atoms with E-state index >= 15 is 0 Å². The van der Waals surface area contributed by atoms with Crippen molar-refractivity contribution >= 4 is 35.0 Å². The molecule has 0 unspecified atom stereocenters. The number of rotatable bonds is 4. The summed E-state index contributed by atoms with van der Waals surface area (Å²) in [5, 5.41) is 11.3. The molecule has 0 aliphatic heterocycles. The topological polar surface area (TPSA) is 76.0 Å². The average Bonchev–Trinajstić information content (AvgIpc) is 3.07. The summed E-state index contributed by atoms with van der Waals surface area (Å²) in [7, 11) is 0. The Hall–Kier alpha value is -3.27. The van der Waals surface area contributed by atoms with Gasteiger partial charge >= 0.3 is 0 Å². The van der Waals surface area contributed by atoms with E-state index in [-0.39, 0.29) is 18.4 Å². The number of hydrogen-bond acceptors (Lipinski definition) is 3. The second kappa shape index (κ2) is 10.3. The third-order valence-electron chi connectivity index (χ3n) is 4.78. The number of nitrogens with one attached hydrogen (secondary N) is 2. The predicted octanol–water partition coefficient (Wildman–Crippen LogP) is 5.17. The molecule has 0 saturated heterocycles. The molecule has 0 aliphatic carbocycles. The molecule has 34 heavy (non-hydrogen) atoms. The van der Waals surface area contributed by atoms with Crippen LogP contribution in [0, 0.1) is 18.8 Å². The minimum atomic E-state index is -0.414. The molecule has 2 aromatic carbocycles. The van der Waals surface area contributed by atoms with Crippen molar-refractivity contribution in [2.24, 2.45) is 0 Å². The molecular formula is C26H26Cl2N4O2. The first-order valence-corrected chi connectivity index (χ1v) is 11.4. The largest absolute Gasteiger partial charge is 0.346 e. The highest BCUT2D eigenvalue weighted by atomic mass is 35.5. The first kappa shape index (κ1) is 25.4. The summed E-state index contributed by atoms with van der Waals surface area (Å²) in [4.78, 5) is 24.0. The highest BCUT2D eigenvalue weighted by molar-refractivity contribution is 6.32. The Morgan fingerprint density at radius 2 is 1.76 bits per heavy atom. The van der Waals surface area contributed by atoms with Crippen LogP contribution >= 0.6 is 23.2 Å². The van der Waals surface area contributed by atoms with Gasteiger partial charge in [0, 0.05) is 34.2 Å². The number of amides is 2. The van der Waals surface area contributed by atoms with E-state index in [0.29, 0.717) is 27.0 Å². The van der Waals surface area contributed by atoms with Gasteiger partial charge in [-0.25, -0.2) is 4.68 Å². The number of nitrogens with zero attached hydrogens (tertiary/aromatic N) is 2. The van der Waals surface area contributed by atoms with Crippen LogP contribution in [0.25, 0.3) is 16.9 Å². The molecule has 1 aromatic heterocycles. The second-order valence-corrected chi connectivity index (χ2v) is 9.67. The summed E-state index contributed by atoms with van der Waals surface area (Å²) in [6, 6.07) is 12.7. The zero-order valence-corrected chi connectivity index (χ0v) is 21.2. The summed E-state index contributed by atoms with van der Waals surface area (Å²) in [6.45, 7) is 9.30. The fraction of sp³-hybridized carbons (Fsp3) is 0.269. The van der Waals surface area contributed by atoms with Crippen molar-refractivity contribution < 1.29 is 9.59 Å². The molecular weight excluding hydrogens is 471 g/mol. The molecule has 0 radical (unpaired) electrons. The molecule has 0 saturated carbocycles. The van der Waals surface area contributed by atoms with Crippen LogP contribution in [0.4, 0.5) is 0 Å². The quantitative estimate of drug-likeness (QED) is 0.489. The second-order valence-electron chi connectivity index (χ2n) is 8.82. The van der Waals surface area contributed by atoms with Crippen LogP contribution in [-0.4, -0.2) is 33.7 Å². The monoisotopic (exact) mass is 496 g/mol. The number of hydrogen-bond donors (Lipinski definition) is 2. The van der Waals surface area contributed by atoms with Gasteiger partial charge in [-0.1, -0.05) is 47.2 Å². The van der Waals surface area contributed by atoms with Crippen molar-refractivity contribution in [2.45, 2.75) is 40.2 Å². The number of benzene rings is 2. The van der Waals surface area contributed by atoms with Crippen LogP contribution in [0.5, 0.6) is 0 Å². The van der Waals surface area contributed by atoms with Gasteiger partial charge in [0.15, 0.2) is 5.69 Å². The summed E-state index contributed by atoms with van der Waals surface area (Å²) in [5.41, 5.74) is 3.51. The SMILES string of the molecule is CC(=O)NCC#Cc1ccc(-n2nc(C(=O)NC(C)(C)C)c(C)c2-c2ccc(Cl)cc2)c(Cl)c1. The molecule has 0 atom stereocenters. The molecule has 3 aromatic rings. The molecule has 0 spiro atoms. The fourth-order valence-corrected chi connectivity index (χ4v) is 3.69. The summed E-state index contributed by atoms with van der Waals surface area (Å²) < 4.78 is 1.67. The molecule has 2 N–H and O–H groups in total. The Kier molecular flexibility index (Phi) is 7.71. The number of aromatic nitrogens is 2. The van der Waals surface area contributed by atoms with E-state index in [0.717, 1.165) is 16.8 Å². The zero-order chi connectivity index (χ0) is 25.0. The Bertz CT molecular complexity index is 1290. The van der Waals surface area contributed by atoms with Gasteiger partial charge in [0.1, 0.15) is 0 Å². The van der Waals surface area contributed by atoms with Gasteiger partial charge < -0.3 is 10.6 Å². The minimum absolute atomic E-state index is 0.141. The molecule has 0 fully saturated rings. The first-order chi connectivity index (χ1) is 16.0. The van der Waals surface area contributed by atoms with Crippen molar-refractivity contribution in [1.82, 2.24) is 20.4 Å². The molecule has 8 heteroatoms. The molecule has 6 nitrogen and oxygen atoms in total. The Balaban J connectivity index is 2.09. The molecule has 0 aliphatic rings. The third-order valence-corrected chi connectivity index (χ3v) is 5.33. The Morgan fingerprint density at radius 1 is 1.09 bits per heavy atom. The molecule has 0 bridgehead atoms. The van der Waals surface area contributed by atoms with Crippen LogP contribution in [0.2, 0.25) is 10.0 Å². The Labute approximate surface area is 209 Å². The lowest BCUT2D eigenvalue weighted by Gasteiger charge is -2.19. The van der Waals surface area contributed by atoms with Crippen molar-refractivity contribution in [3.8, 4) is 28.8 Å².